The first-order chi connectivity index (χ1) is 3.80. The summed E-state index contributed by atoms with van der Waals surface area (Å²) < 4.78 is 20.3. The Balaban J connectivity index is 2.76. The van der Waals surface area contributed by atoms with Crippen molar-refractivity contribution in [1.82, 2.24) is 0 Å². The van der Waals surface area contributed by atoms with Gasteiger partial charge in [-0.15, -0.1) is 9.93 Å². The Kier molecular flexibility index (Phi) is 1.75. The lowest BCUT2D eigenvalue weighted by atomic mass is 10.6. The van der Waals surface area contributed by atoms with Gasteiger partial charge in [0, 0.05) is 0 Å². The fourth-order valence-corrected chi connectivity index (χ4v) is 2.42. The predicted octanol–water partition coefficient (Wildman–Crippen LogP) is 0.555. The fourth-order valence-electron chi connectivity index (χ4n) is 0.434. The minimum Gasteiger partial charge on any atom is -0.222 e. The lowest BCUT2D eigenvalue weighted by molar-refractivity contribution is 0.626. The molecule has 1 heterocycles. The topological polar surface area (TPSA) is 34.1 Å². The quantitative estimate of drug-likeness (QED) is 0.423. The van der Waals surface area contributed by atoms with E-state index >= 15 is 0 Å². The molecule has 0 atom stereocenters. The van der Waals surface area contributed by atoms with Crippen LogP contribution < -0.4 is 0 Å². The lowest BCUT2D eigenvalue weighted by Gasteiger charge is -1.93. The Morgan fingerprint density at radius 2 is 1.62 bits per heavy atom. The normalized spacial score (nSPS) is 20.9. The number of allylic oxidation sites excluding steroid dienone is 2. The van der Waals surface area contributed by atoms with Crippen LogP contribution in [0.25, 0.3) is 0 Å². The first-order valence-electron chi connectivity index (χ1n) is 2.08. The summed E-state index contributed by atoms with van der Waals surface area (Å²) in [6, 6.07) is 0. The van der Waals surface area contributed by atoms with Gasteiger partial charge in [-0.2, -0.15) is 0 Å². The predicted molar refractivity (Wildman–Crippen MR) is 37.6 cm³/mol. The Hall–Kier alpha value is -0.220. The van der Waals surface area contributed by atoms with Crippen LogP contribution >= 0.6 is 9.93 Å². The van der Waals surface area contributed by atoms with E-state index in [1.807, 2.05) is 0 Å². The molecular formula is C4H6O2S2. The van der Waals surface area contributed by atoms with Gasteiger partial charge in [0.2, 0.25) is 0 Å². The molecule has 1 aliphatic heterocycles. The molecule has 0 saturated heterocycles. The van der Waals surface area contributed by atoms with Gasteiger partial charge in [0.1, 0.15) is 0 Å². The molecule has 46 valence electrons. The summed E-state index contributed by atoms with van der Waals surface area (Å²) in [6.07, 6.45) is 3.52. The van der Waals surface area contributed by atoms with Crippen LogP contribution in [0.2, 0.25) is 0 Å². The molecule has 1 aliphatic rings. The standard InChI is InChI=1S/C4H6O2S2/c5-8(6)7-3-1-2-4-7/h1-4,7-8H. The van der Waals surface area contributed by atoms with Crippen LogP contribution in [0.3, 0.4) is 0 Å². The SMILES string of the molecule is O=[SH](=O)[SH]1C=CC=C1. The van der Waals surface area contributed by atoms with Gasteiger partial charge < -0.3 is 0 Å². The summed E-state index contributed by atoms with van der Waals surface area (Å²) in [7, 11) is -3.12. The molecule has 4 heteroatoms. The van der Waals surface area contributed by atoms with Gasteiger partial charge in [-0.05, 0) is 10.8 Å². The fraction of sp³-hybridized carbons (Fsp3) is 0. The van der Waals surface area contributed by atoms with Crippen molar-refractivity contribution in [2.45, 2.75) is 0 Å². The van der Waals surface area contributed by atoms with E-state index in [2.05, 4.69) is 0 Å². The van der Waals surface area contributed by atoms with Gasteiger partial charge >= 0.3 is 0 Å². The molecule has 0 unspecified atom stereocenters. The molecular weight excluding hydrogens is 144 g/mol. The molecule has 0 spiro atoms. The van der Waals surface area contributed by atoms with Crippen molar-refractivity contribution in [2.75, 3.05) is 0 Å². The molecule has 0 aromatic carbocycles. The highest BCUT2D eigenvalue weighted by Gasteiger charge is 1.97. The molecule has 0 N–H and O–H groups in total. The van der Waals surface area contributed by atoms with Gasteiger partial charge in [0.15, 0.2) is 9.74 Å². The molecule has 8 heavy (non-hydrogen) atoms. The third kappa shape index (κ3) is 1.14. The molecule has 0 saturated carbocycles. The Morgan fingerprint density at radius 1 is 1.12 bits per heavy atom. The smallest absolute Gasteiger partial charge is 0.178 e. The maximum absolute atomic E-state index is 10.2. The van der Waals surface area contributed by atoms with Crippen molar-refractivity contribution < 1.29 is 8.42 Å². The monoisotopic (exact) mass is 150 g/mol. The third-order valence-electron chi connectivity index (χ3n) is 0.777. The molecule has 0 fully saturated rings. The number of hydrogen-bond acceptors (Lipinski definition) is 2. The van der Waals surface area contributed by atoms with Crippen molar-refractivity contribution in [3.63, 3.8) is 0 Å². The summed E-state index contributed by atoms with van der Waals surface area (Å²) in [5, 5.41) is 3.42. The number of rotatable bonds is 1. The van der Waals surface area contributed by atoms with Gasteiger partial charge in [0.05, 0.1) is 0 Å². The molecule has 0 aromatic heterocycles. The van der Waals surface area contributed by atoms with E-state index in [0.29, 0.717) is 0 Å². The summed E-state index contributed by atoms with van der Waals surface area (Å²) in [6.45, 7) is 0. The van der Waals surface area contributed by atoms with Crippen molar-refractivity contribution in [3.8, 4) is 0 Å². The summed E-state index contributed by atoms with van der Waals surface area (Å²) in [5.74, 6) is 0. The summed E-state index contributed by atoms with van der Waals surface area (Å²) in [4.78, 5) is 0. The zero-order valence-corrected chi connectivity index (χ0v) is 5.81. The molecule has 2 nitrogen and oxygen atoms in total. The lowest BCUT2D eigenvalue weighted by Crippen LogP contribution is -1.66. The van der Waals surface area contributed by atoms with Crippen LogP contribution in [0.15, 0.2) is 23.0 Å². The van der Waals surface area contributed by atoms with Crippen molar-refractivity contribution >= 4 is 19.7 Å². The van der Waals surface area contributed by atoms with E-state index in [1.54, 1.807) is 23.0 Å². The minimum atomic E-state index is -2.21. The molecule has 0 aromatic rings. The van der Waals surface area contributed by atoms with Crippen molar-refractivity contribution in [3.05, 3.63) is 23.0 Å². The highest BCUT2D eigenvalue weighted by atomic mass is 33.1. The van der Waals surface area contributed by atoms with Gasteiger partial charge in [-0.3, -0.25) is 0 Å². The third-order valence-corrected chi connectivity index (χ3v) is 4.04. The molecule has 1 rings (SSSR count). The largest absolute Gasteiger partial charge is 0.222 e. The van der Waals surface area contributed by atoms with Crippen LogP contribution in [-0.4, -0.2) is 8.42 Å². The highest BCUT2D eigenvalue weighted by Crippen LogP contribution is 2.32. The maximum atomic E-state index is 10.2. The first-order valence-corrected chi connectivity index (χ1v) is 5.44. The average Bonchev–Trinajstić information content (AvgIpc) is 2.12. The second-order valence-corrected chi connectivity index (χ2v) is 5.50. The minimum absolute atomic E-state index is 0.912. The first kappa shape index (κ1) is 5.91. The van der Waals surface area contributed by atoms with E-state index in [9.17, 15) is 8.42 Å². The molecule has 0 bridgehead atoms. The van der Waals surface area contributed by atoms with Crippen LogP contribution in [0.4, 0.5) is 0 Å². The van der Waals surface area contributed by atoms with Crippen molar-refractivity contribution in [2.24, 2.45) is 0 Å². The average molecular weight is 150 g/mol. The second kappa shape index (κ2) is 2.37. The van der Waals surface area contributed by atoms with E-state index in [4.69, 9.17) is 0 Å². The van der Waals surface area contributed by atoms with Crippen LogP contribution in [0.5, 0.6) is 0 Å². The van der Waals surface area contributed by atoms with Gasteiger partial charge in [-0.1, -0.05) is 12.2 Å². The second-order valence-electron chi connectivity index (χ2n) is 1.30. The molecule has 0 amide bonds. The highest BCUT2D eigenvalue weighted by molar-refractivity contribution is 8.77. The van der Waals surface area contributed by atoms with E-state index < -0.39 is 19.7 Å². The number of thiol groups is 2. The zero-order chi connectivity index (χ0) is 5.98. The summed E-state index contributed by atoms with van der Waals surface area (Å²) >= 11 is 0. The maximum Gasteiger partial charge on any atom is 0.178 e. The van der Waals surface area contributed by atoms with Gasteiger partial charge in [-0.25, -0.2) is 8.42 Å². The van der Waals surface area contributed by atoms with E-state index in [0.717, 1.165) is 0 Å². The van der Waals surface area contributed by atoms with E-state index in [-0.39, 0.29) is 0 Å². The van der Waals surface area contributed by atoms with E-state index in [1.165, 1.54) is 0 Å². The molecule has 0 radical (unpaired) electrons. The van der Waals surface area contributed by atoms with Crippen LogP contribution in [0, 0.1) is 0 Å². The van der Waals surface area contributed by atoms with Crippen LogP contribution in [0.1, 0.15) is 0 Å². The summed E-state index contributed by atoms with van der Waals surface area (Å²) in [5.41, 5.74) is 0. The Morgan fingerprint density at radius 3 is 1.88 bits per heavy atom. The van der Waals surface area contributed by atoms with Crippen molar-refractivity contribution in [1.29, 1.82) is 0 Å². The van der Waals surface area contributed by atoms with Gasteiger partial charge in [0.25, 0.3) is 0 Å². The zero-order valence-electron chi connectivity index (χ0n) is 4.02. The number of hydrogen-bond donors (Lipinski definition) is 2. The Bertz CT molecular complexity index is 182. The Labute approximate surface area is 51.6 Å². The molecule has 0 aliphatic carbocycles. The van der Waals surface area contributed by atoms with Crippen LogP contribution in [-0.2, 0) is 9.74 Å².